The van der Waals surface area contributed by atoms with Gasteiger partial charge in [-0.1, -0.05) is 47.2 Å². The van der Waals surface area contributed by atoms with Gasteiger partial charge in [0, 0.05) is 6.42 Å². The van der Waals surface area contributed by atoms with E-state index < -0.39 is 46.9 Å². The van der Waals surface area contributed by atoms with Crippen LogP contribution in [0, 0.1) is 0 Å². The second-order valence-corrected chi connectivity index (χ2v) is 7.64. The molecule has 146 valence electrons. The summed E-state index contributed by atoms with van der Waals surface area (Å²) in [5.41, 5.74) is -0.444. The lowest BCUT2D eigenvalue weighted by molar-refractivity contribution is -0.205. The van der Waals surface area contributed by atoms with Gasteiger partial charge in [0.25, 0.3) is 0 Å². The smallest absolute Gasteiger partial charge is 0.394 e. The van der Waals surface area contributed by atoms with E-state index in [1.165, 1.54) is 0 Å². The first-order valence-corrected chi connectivity index (χ1v) is 9.69. The molecule has 0 aliphatic carbocycles. The second kappa shape index (κ2) is 9.10. The van der Waals surface area contributed by atoms with Gasteiger partial charge in [-0.3, -0.25) is 4.55 Å². The zero-order valence-electron chi connectivity index (χ0n) is 13.3. The average molecular weight is 409 g/mol. The van der Waals surface area contributed by atoms with Gasteiger partial charge in [0.15, 0.2) is 0 Å². The van der Waals surface area contributed by atoms with Crippen LogP contribution in [0.5, 0.6) is 0 Å². The van der Waals surface area contributed by atoms with Crippen LogP contribution in [0.2, 0.25) is 0 Å². The molecular formula is C14H19NO9S2. The zero-order valence-corrected chi connectivity index (χ0v) is 15.0. The van der Waals surface area contributed by atoms with Crippen LogP contribution in [0.3, 0.4) is 0 Å². The fourth-order valence-corrected chi connectivity index (χ4v) is 3.58. The standard InChI is InChI=1S/C14H19NO9S2/c16-7-9-11(17)12(18)13(19)14(23-9)25-10(15-24-26(20,21)22)6-8-4-2-1-3-5-8/h1-5,9,11-14,16-19H,6-7H2,(H,20,21,22)/t9-,11+,12-,13+,14+/m0/s1. The predicted octanol–water partition coefficient (Wildman–Crippen LogP) is -1.10. The van der Waals surface area contributed by atoms with Gasteiger partial charge in [0.1, 0.15) is 34.9 Å². The van der Waals surface area contributed by atoms with Crippen LogP contribution in [0.15, 0.2) is 35.5 Å². The van der Waals surface area contributed by atoms with Crippen molar-refractivity contribution in [1.29, 1.82) is 0 Å². The molecule has 0 aromatic heterocycles. The molecule has 26 heavy (non-hydrogen) atoms. The van der Waals surface area contributed by atoms with E-state index in [-0.39, 0.29) is 11.5 Å². The van der Waals surface area contributed by atoms with Crippen LogP contribution in [-0.4, -0.2) is 74.9 Å². The highest BCUT2D eigenvalue weighted by atomic mass is 32.3. The highest BCUT2D eigenvalue weighted by Gasteiger charge is 2.44. The Bertz CT molecular complexity index is 710. The monoisotopic (exact) mass is 409 g/mol. The number of aliphatic hydroxyl groups is 4. The quantitative estimate of drug-likeness (QED) is 0.168. The van der Waals surface area contributed by atoms with Gasteiger partial charge in [-0.15, -0.1) is 0 Å². The third-order valence-corrected chi connectivity index (χ3v) is 4.91. The first kappa shape index (κ1) is 21.1. The van der Waals surface area contributed by atoms with Crippen molar-refractivity contribution in [2.75, 3.05) is 6.61 Å². The summed E-state index contributed by atoms with van der Waals surface area (Å²) in [5, 5.41) is 42.2. The minimum Gasteiger partial charge on any atom is -0.394 e. The van der Waals surface area contributed by atoms with Crippen molar-refractivity contribution in [2.45, 2.75) is 36.3 Å². The number of nitrogens with zero attached hydrogens (tertiary/aromatic N) is 1. The molecule has 1 heterocycles. The molecule has 1 saturated heterocycles. The molecule has 5 N–H and O–H groups in total. The first-order valence-electron chi connectivity index (χ1n) is 7.45. The van der Waals surface area contributed by atoms with Crippen molar-refractivity contribution < 1.29 is 42.4 Å². The maximum Gasteiger partial charge on any atom is 0.466 e. The molecule has 0 radical (unpaired) electrons. The van der Waals surface area contributed by atoms with Crippen molar-refractivity contribution in [2.24, 2.45) is 5.16 Å². The fourth-order valence-electron chi connectivity index (χ4n) is 2.25. The number of rotatable bonds is 6. The van der Waals surface area contributed by atoms with E-state index in [1.807, 2.05) is 0 Å². The highest BCUT2D eigenvalue weighted by molar-refractivity contribution is 8.14. The molecule has 12 heteroatoms. The maximum absolute atomic E-state index is 10.8. The Kier molecular flexibility index (Phi) is 7.37. The number of benzene rings is 1. The maximum atomic E-state index is 10.8. The second-order valence-electron chi connectivity index (χ2n) is 5.46. The number of oxime groups is 1. The van der Waals surface area contributed by atoms with Gasteiger partial charge in [-0.2, -0.15) is 8.42 Å². The fraction of sp³-hybridized carbons (Fsp3) is 0.500. The van der Waals surface area contributed by atoms with Crippen LogP contribution in [-0.2, 0) is 25.8 Å². The van der Waals surface area contributed by atoms with Crippen molar-refractivity contribution >= 4 is 27.2 Å². The third-order valence-electron chi connectivity index (χ3n) is 3.53. The Morgan fingerprint density at radius 2 is 1.81 bits per heavy atom. The van der Waals surface area contributed by atoms with E-state index in [9.17, 15) is 28.8 Å². The topological polar surface area (TPSA) is 166 Å². The van der Waals surface area contributed by atoms with Crippen LogP contribution in [0.4, 0.5) is 0 Å². The van der Waals surface area contributed by atoms with Gasteiger partial charge < -0.3 is 25.2 Å². The van der Waals surface area contributed by atoms with E-state index in [4.69, 9.17) is 9.29 Å². The molecule has 1 aliphatic heterocycles. The summed E-state index contributed by atoms with van der Waals surface area (Å²) >= 11 is 0.729. The molecule has 0 bridgehead atoms. The van der Waals surface area contributed by atoms with Crippen molar-refractivity contribution in [3.8, 4) is 0 Å². The van der Waals surface area contributed by atoms with Crippen molar-refractivity contribution in [3.63, 3.8) is 0 Å². The van der Waals surface area contributed by atoms with Gasteiger partial charge >= 0.3 is 10.4 Å². The van der Waals surface area contributed by atoms with Gasteiger partial charge in [-0.05, 0) is 5.56 Å². The minimum atomic E-state index is -4.83. The summed E-state index contributed by atoms with van der Waals surface area (Å²) in [5.74, 6) is 0. The number of hydrogen-bond donors (Lipinski definition) is 5. The number of thioether (sulfide) groups is 1. The van der Waals surface area contributed by atoms with Crippen LogP contribution >= 0.6 is 11.8 Å². The molecule has 0 amide bonds. The van der Waals surface area contributed by atoms with Crippen LogP contribution in [0.25, 0.3) is 0 Å². The lowest BCUT2D eigenvalue weighted by Gasteiger charge is -2.39. The van der Waals surface area contributed by atoms with Gasteiger partial charge in [0.05, 0.1) is 6.61 Å². The first-order chi connectivity index (χ1) is 12.2. The molecule has 1 aromatic rings. The molecule has 1 fully saturated rings. The van der Waals surface area contributed by atoms with Crippen molar-refractivity contribution in [1.82, 2.24) is 0 Å². The van der Waals surface area contributed by atoms with E-state index >= 15 is 0 Å². The Labute approximate surface area is 154 Å². The largest absolute Gasteiger partial charge is 0.466 e. The third kappa shape index (κ3) is 5.89. The lowest BCUT2D eigenvalue weighted by Crippen LogP contribution is -2.57. The summed E-state index contributed by atoms with van der Waals surface area (Å²) < 4.78 is 39.6. The highest BCUT2D eigenvalue weighted by Crippen LogP contribution is 2.30. The Hall–Kier alpha value is -1.25. The molecule has 0 spiro atoms. The van der Waals surface area contributed by atoms with Crippen molar-refractivity contribution in [3.05, 3.63) is 35.9 Å². The minimum absolute atomic E-state index is 0.0122. The zero-order chi connectivity index (χ0) is 19.3. The Morgan fingerprint density at radius 3 is 2.38 bits per heavy atom. The van der Waals surface area contributed by atoms with E-state index in [1.54, 1.807) is 30.3 Å². The molecule has 2 rings (SSSR count). The SMILES string of the molecule is O=S(=O)(O)ON=C(Cc1ccccc1)S[C@H]1O[C@@H](CO)[C@@H](O)[C@H](O)[C@H]1O. The average Bonchev–Trinajstić information content (AvgIpc) is 2.60. The Morgan fingerprint density at radius 1 is 1.15 bits per heavy atom. The van der Waals surface area contributed by atoms with Crippen LogP contribution in [0.1, 0.15) is 5.56 Å². The normalized spacial score (nSPS) is 30.2. The Balaban J connectivity index is 2.19. The summed E-state index contributed by atoms with van der Waals surface area (Å²) in [4.78, 5) is 0. The van der Waals surface area contributed by atoms with E-state index in [2.05, 4.69) is 9.44 Å². The number of ether oxygens (including phenoxy) is 1. The molecule has 1 aliphatic rings. The van der Waals surface area contributed by atoms with Gasteiger partial charge in [-0.25, -0.2) is 4.28 Å². The van der Waals surface area contributed by atoms with E-state index in [0.717, 1.165) is 17.3 Å². The summed E-state index contributed by atoms with van der Waals surface area (Å²) in [6.45, 7) is -0.602. The predicted molar refractivity (Wildman–Crippen MR) is 91.6 cm³/mol. The molecular weight excluding hydrogens is 390 g/mol. The summed E-state index contributed by atoms with van der Waals surface area (Å²) in [7, 11) is -4.83. The number of aliphatic hydroxyl groups excluding tert-OH is 4. The molecule has 1 aromatic carbocycles. The molecule has 0 unspecified atom stereocenters. The number of hydrogen-bond acceptors (Lipinski definition) is 10. The van der Waals surface area contributed by atoms with Gasteiger partial charge in [0.2, 0.25) is 0 Å². The summed E-state index contributed by atoms with van der Waals surface area (Å²) in [6.07, 6.45) is -5.68. The summed E-state index contributed by atoms with van der Waals surface area (Å²) in [6, 6.07) is 8.73. The van der Waals surface area contributed by atoms with Crippen LogP contribution < -0.4 is 0 Å². The lowest BCUT2D eigenvalue weighted by atomic mass is 10.0. The molecule has 5 atom stereocenters. The molecule has 10 nitrogen and oxygen atoms in total. The molecule has 0 saturated carbocycles. The van der Waals surface area contributed by atoms with E-state index in [0.29, 0.717) is 0 Å².